The first-order valence-electron chi connectivity index (χ1n) is 10.6. The third-order valence-corrected chi connectivity index (χ3v) is 7.76. The number of anilines is 2. The first kappa shape index (κ1) is 23.5. The van der Waals surface area contributed by atoms with Crippen molar-refractivity contribution in [2.45, 2.75) is 30.0 Å². The molecule has 0 saturated carbocycles. The van der Waals surface area contributed by atoms with E-state index in [0.717, 1.165) is 41.3 Å². The van der Waals surface area contributed by atoms with E-state index in [4.69, 9.17) is 4.74 Å². The van der Waals surface area contributed by atoms with Crippen molar-refractivity contribution in [2.75, 3.05) is 43.1 Å². The molecule has 0 radical (unpaired) electrons. The standard InChI is InChI=1S/C22H24F3N3O4S/c23-22(24,25)18-4-1-2-6-20(18)33(30,31)28-11-3-5-19(28)21(29)26-16-7-9-17(10-8-16)27-12-14-32-15-13-27/h1-2,4,6-10,19H,3,5,11-15H2,(H,26,29)/t19-/m1/s1. The second kappa shape index (κ2) is 9.32. The highest BCUT2D eigenvalue weighted by atomic mass is 32.2. The average Bonchev–Trinajstić information content (AvgIpc) is 3.31. The van der Waals surface area contributed by atoms with Gasteiger partial charge in [-0.05, 0) is 49.2 Å². The van der Waals surface area contributed by atoms with Gasteiger partial charge in [-0.15, -0.1) is 0 Å². The highest BCUT2D eigenvalue weighted by Gasteiger charge is 2.44. The number of sulfonamides is 1. The van der Waals surface area contributed by atoms with Gasteiger partial charge in [-0.25, -0.2) is 8.42 Å². The highest BCUT2D eigenvalue weighted by molar-refractivity contribution is 7.89. The minimum atomic E-state index is -4.83. The molecule has 1 amide bonds. The maximum Gasteiger partial charge on any atom is 0.417 e. The number of amides is 1. The van der Waals surface area contributed by atoms with Crippen molar-refractivity contribution < 1.29 is 31.1 Å². The first-order chi connectivity index (χ1) is 15.7. The molecule has 2 fully saturated rings. The number of morpholine rings is 1. The normalized spacial score (nSPS) is 20.1. The van der Waals surface area contributed by atoms with E-state index in [1.165, 1.54) is 6.07 Å². The molecule has 2 aromatic carbocycles. The van der Waals surface area contributed by atoms with Crippen molar-refractivity contribution >= 4 is 27.3 Å². The molecule has 0 aliphatic carbocycles. The quantitative estimate of drug-likeness (QED) is 0.706. The number of nitrogens with one attached hydrogen (secondary N) is 1. The number of rotatable bonds is 5. The Morgan fingerprint density at radius 1 is 1.00 bits per heavy atom. The van der Waals surface area contributed by atoms with Crippen molar-refractivity contribution in [3.63, 3.8) is 0 Å². The van der Waals surface area contributed by atoms with E-state index in [1.807, 2.05) is 12.1 Å². The third kappa shape index (κ3) is 4.99. The Bertz CT molecular complexity index is 1100. The highest BCUT2D eigenvalue weighted by Crippen LogP contribution is 2.37. The van der Waals surface area contributed by atoms with Gasteiger partial charge in [0.1, 0.15) is 6.04 Å². The Balaban J connectivity index is 1.51. The number of alkyl halides is 3. The van der Waals surface area contributed by atoms with Crippen molar-refractivity contribution in [3.05, 3.63) is 54.1 Å². The summed E-state index contributed by atoms with van der Waals surface area (Å²) in [7, 11) is -4.53. The van der Waals surface area contributed by atoms with Crippen LogP contribution in [0.2, 0.25) is 0 Å². The second-order valence-corrected chi connectivity index (χ2v) is 9.76. The molecular formula is C22H24F3N3O4S. The Hall–Kier alpha value is -2.63. The first-order valence-corrected chi connectivity index (χ1v) is 12.0. The Morgan fingerprint density at radius 3 is 2.33 bits per heavy atom. The number of carbonyl (C=O) groups excluding carboxylic acids is 1. The van der Waals surface area contributed by atoms with Crippen LogP contribution in [0.5, 0.6) is 0 Å². The summed E-state index contributed by atoms with van der Waals surface area (Å²) in [6.45, 7) is 2.78. The summed E-state index contributed by atoms with van der Waals surface area (Å²) in [5.41, 5.74) is 0.219. The molecule has 4 rings (SSSR count). The van der Waals surface area contributed by atoms with Gasteiger partial charge in [-0.1, -0.05) is 12.1 Å². The molecule has 1 atom stereocenters. The van der Waals surface area contributed by atoms with Crippen LogP contribution in [0, 0.1) is 0 Å². The molecule has 0 bridgehead atoms. The average molecular weight is 484 g/mol. The Labute approximate surface area is 190 Å². The molecule has 0 unspecified atom stereocenters. The van der Waals surface area contributed by atoms with Crippen molar-refractivity contribution in [1.82, 2.24) is 4.31 Å². The summed E-state index contributed by atoms with van der Waals surface area (Å²) in [5, 5.41) is 2.70. The molecule has 1 N–H and O–H groups in total. The van der Waals surface area contributed by atoms with E-state index in [1.54, 1.807) is 12.1 Å². The number of halogens is 3. The van der Waals surface area contributed by atoms with Crippen LogP contribution in [0.3, 0.4) is 0 Å². The number of carbonyl (C=O) groups is 1. The van der Waals surface area contributed by atoms with Crippen LogP contribution in [0.1, 0.15) is 18.4 Å². The second-order valence-electron chi connectivity index (χ2n) is 7.90. The third-order valence-electron chi connectivity index (χ3n) is 5.80. The fourth-order valence-electron chi connectivity index (χ4n) is 4.14. The molecule has 2 aliphatic heterocycles. The van der Waals surface area contributed by atoms with Gasteiger partial charge in [0.05, 0.1) is 23.7 Å². The molecule has 0 aromatic heterocycles. The van der Waals surface area contributed by atoms with Crippen LogP contribution in [0.4, 0.5) is 24.5 Å². The summed E-state index contributed by atoms with van der Waals surface area (Å²) in [6.07, 6.45) is -4.23. The van der Waals surface area contributed by atoms with Gasteiger partial charge in [0.15, 0.2) is 0 Å². The maximum absolute atomic E-state index is 13.4. The van der Waals surface area contributed by atoms with Gasteiger partial charge in [0, 0.05) is 31.0 Å². The summed E-state index contributed by atoms with van der Waals surface area (Å²) >= 11 is 0. The molecule has 2 saturated heterocycles. The smallest absolute Gasteiger partial charge is 0.378 e. The van der Waals surface area contributed by atoms with E-state index in [0.29, 0.717) is 25.3 Å². The Morgan fingerprint density at radius 2 is 1.67 bits per heavy atom. The van der Waals surface area contributed by atoms with Crippen molar-refractivity contribution in [1.29, 1.82) is 0 Å². The van der Waals surface area contributed by atoms with Crippen molar-refractivity contribution in [3.8, 4) is 0 Å². The SMILES string of the molecule is O=C(Nc1ccc(N2CCOCC2)cc1)[C@H]1CCCN1S(=O)(=O)c1ccccc1C(F)(F)F. The van der Waals surface area contributed by atoms with Gasteiger partial charge in [0.25, 0.3) is 0 Å². The van der Waals surface area contributed by atoms with Crippen LogP contribution in [-0.2, 0) is 25.7 Å². The number of hydrogen-bond acceptors (Lipinski definition) is 5. The lowest BCUT2D eigenvalue weighted by Gasteiger charge is -2.29. The number of ether oxygens (including phenoxy) is 1. The number of nitrogens with zero attached hydrogens (tertiary/aromatic N) is 2. The number of hydrogen-bond donors (Lipinski definition) is 1. The van der Waals surface area contributed by atoms with Gasteiger partial charge in [-0.3, -0.25) is 4.79 Å². The zero-order valence-electron chi connectivity index (χ0n) is 17.7. The fourth-order valence-corrected chi connectivity index (χ4v) is 6.02. The van der Waals surface area contributed by atoms with Gasteiger partial charge >= 0.3 is 6.18 Å². The van der Waals surface area contributed by atoms with Gasteiger partial charge in [-0.2, -0.15) is 17.5 Å². The lowest BCUT2D eigenvalue weighted by Crippen LogP contribution is -2.43. The summed E-state index contributed by atoms with van der Waals surface area (Å²) in [4.78, 5) is 14.2. The van der Waals surface area contributed by atoms with Crippen LogP contribution in [0.25, 0.3) is 0 Å². The number of benzene rings is 2. The zero-order valence-corrected chi connectivity index (χ0v) is 18.5. The zero-order chi connectivity index (χ0) is 23.6. The molecule has 0 spiro atoms. The van der Waals surface area contributed by atoms with Crippen LogP contribution in [-0.4, -0.2) is 57.5 Å². The Kier molecular flexibility index (Phi) is 6.64. The monoisotopic (exact) mass is 483 g/mol. The topological polar surface area (TPSA) is 79.0 Å². The summed E-state index contributed by atoms with van der Waals surface area (Å²) in [5.74, 6) is -0.570. The molecule has 33 heavy (non-hydrogen) atoms. The van der Waals surface area contributed by atoms with Crippen molar-refractivity contribution in [2.24, 2.45) is 0 Å². The largest absolute Gasteiger partial charge is 0.417 e. The van der Waals surface area contributed by atoms with E-state index in [2.05, 4.69) is 10.2 Å². The molecule has 178 valence electrons. The molecule has 11 heteroatoms. The molecule has 2 aromatic rings. The van der Waals surface area contributed by atoms with Gasteiger partial charge < -0.3 is 15.0 Å². The maximum atomic E-state index is 13.4. The summed E-state index contributed by atoms with van der Waals surface area (Å²) in [6, 6.07) is 10.1. The molecule has 2 heterocycles. The van der Waals surface area contributed by atoms with Crippen LogP contribution < -0.4 is 10.2 Å². The molecule has 2 aliphatic rings. The predicted octanol–water partition coefficient (Wildman–Crippen LogP) is 3.33. The lowest BCUT2D eigenvalue weighted by molar-refractivity contribution is -0.139. The minimum absolute atomic E-state index is 0.0252. The predicted molar refractivity (Wildman–Crippen MR) is 116 cm³/mol. The van der Waals surface area contributed by atoms with E-state index < -0.39 is 38.6 Å². The van der Waals surface area contributed by atoms with Crippen LogP contribution in [0.15, 0.2) is 53.4 Å². The lowest BCUT2D eigenvalue weighted by atomic mass is 10.2. The minimum Gasteiger partial charge on any atom is -0.378 e. The van der Waals surface area contributed by atoms with E-state index in [9.17, 15) is 26.4 Å². The van der Waals surface area contributed by atoms with E-state index in [-0.39, 0.29) is 13.0 Å². The fraction of sp³-hybridized carbons (Fsp3) is 0.409. The van der Waals surface area contributed by atoms with E-state index >= 15 is 0 Å². The summed E-state index contributed by atoms with van der Waals surface area (Å²) < 4.78 is 72.7. The van der Waals surface area contributed by atoms with Crippen LogP contribution >= 0.6 is 0 Å². The molecule has 7 nitrogen and oxygen atoms in total. The van der Waals surface area contributed by atoms with Gasteiger partial charge in [0.2, 0.25) is 15.9 Å². The molecular weight excluding hydrogens is 459 g/mol.